The fraction of sp³-hybridized carbons (Fsp3) is 0.167. The van der Waals surface area contributed by atoms with Crippen LogP contribution in [0.5, 0.6) is 0 Å². The van der Waals surface area contributed by atoms with Crippen LogP contribution in [0.25, 0.3) is 0 Å². The molecule has 9 heteroatoms. The molecule has 0 radical (unpaired) electrons. The van der Waals surface area contributed by atoms with E-state index in [-0.39, 0.29) is 24.0 Å². The lowest BCUT2D eigenvalue weighted by Gasteiger charge is -2.08. The Morgan fingerprint density at radius 2 is 2.15 bits per heavy atom. The Balaban J connectivity index is 1.56. The molecule has 27 heavy (non-hydrogen) atoms. The van der Waals surface area contributed by atoms with Crippen molar-refractivity contribution in [1.82, 2.24) is 5.32 Å². The summed E-state index contributed by atoms with van der Waals surface area (Å²) >= 11 is 2.70. The minimum Gasteiger partial charge on any atom is -0.326 e. The fourth-order valence-corrected chi connectivity index (χ4v) is 3.79. The van der Waals surface area contributed by atoms with Crippen LogP contribution < -0.4 is 10.6 Å². The first kappa shape index (κ1) is 19.0. The molecule has 2 heterocycles. The number of nitrogens with zero attached hydrogens (tertiary/aromatic N) is 2. The SMILES string of the molecule is CC(=O)c1cccc(NC(=O)C[C@H]2S/C(=N/N=C\c3cccs3)NC2=O)c1. The minimum absolute atomic E-state index is 0.00550. The Morgan fingerprint density at radius 1 is 1.30 bits per heavy atom. The number of amidine groups is 1. The number of hydrogen-bond acceptors (Lipinski definition) is 7. The largest absolute Gasteiger partial charge is 0.326 e. The van der Waals surface area contributed by atoms with Gasteiger partial charge in [-0.15, -0.1) is 16.4 Å². The Kier molecular flexibility index (Phi) is 6.15. The molecule has 1 atom stereocenters. The fourth-order valence-electron chi connectivity index (χ4n) is 2.29. The van der Waals surface area contributed by atoms with Gasteiger partial charge in [-0.3, -0.25) is 14.4 Å². The quantitative estimate of drug-likeness (QED) is 0.442. The maximum Gasteiger partial charge on any atom is 0.240 e. The first-order chi connectivity index (χ1) is 13.0. The number of benzene rings is 1. The average molecular weight is 400 g/mol. The number of rotatable bonds is 6. The summed E-state index contributed by atoms with van der Waals surface area (Å²) in [5, 5.41) is 15.0. The lowest BCUT2D eigenvalue weighted by molar-refractivity contribution is -0.122. The van der Waals surface area contributed by atoms with Crippen LogP contribution in [0.2, 0.25) is 0 Å². The second-order valence-electron chi connectivity index (χ2n) is 5.65. The van der Waals surface area contributed by atoms with Gasteiger partial charge in [0.15, 0.2) is 11.0 Å². The van der Waals surface area contributed by atoms with Gasteiger partial charge in [0.1, 0.15) is 5.25 Å². The molecule has 3 rings (SSSR count). The number of thiophene rings is 1. The number of carbonyl (C=O) groups excluding carboxylic acids is 3. The third kappa shape index (κ3) is 5.35. The zero-order valence-electron chi connectivity index (χ0n) is 14.3. The van der Waals surface area contributed by atoms with Gasteiger partial charge >= 0.3 is 0 Å². The molecule has 1 aliphatic rings. The molecule has 2 amide bonds. The lowest BCUT2D eigenvalue weighted by Crippen LogP contribution is -2.28. The third-order valence-electron chi connectivity index (χ3n) is 3.58. The molecular weight excluding hydrogens is 384 g/mol. The third-order valence-corrected chi connectivity index (χ3v) is 5.46. The van der Waals surface area contributed by atoms with Crippen LogP contribution in [0.15, 0.2) is 52.0 Å². The topological polar surface area (TPSA) is 100.0 Å². The summed E-state index contributed by atoms with van der Waals surface area (Å²) in [5.74, 6) is -0.676. The van der Waals surface area contributed by atoms with Crippen LogP contribution in [-0.2, 0) is 9.59 Å². The zero-order valence-corrected chi connectivity index (χ0v) is 16.0. The smallest absolute Gasteiger partial charge is 0.240 e. The van der Waals surface area contributed by atoms with Gasteiger partial charge in [-0.25, -0.2) is 0 Å². The van der Waals surface area contributed by atoms with E-state index in [1.807, 2.05) is 17.5 Å². The predicted molar refractivity (Wildman–Crippen MR) is 109 cm³/mol. The molecule has 1 aromatic carbocycles. The predicted octanol–water partition coefficient (Wildman–Crippen LogP) is 2.90. The highest BCUT2D eigenvalue weighted by atomic mass is 32.2. The van der Waals surface area contributed by atoms with Crippen molar-refractivity contribution in [2.75, 3.05) is 5.32 Å². The number of thioether (sulfide) groups is 1. The molecule has 0 aliphatic carbocycles. The molecule has 0 spiro atoms. The van der Waals surface area contributed by atoms with Crippen LogP contribution in [0.1, 0.15) is 28.6 Å². The number of nitrogens with one attached hydrogen (secondary N) is 2. The van der Waals surface area contributed by atoms with Crippen LogP contribution in [-0.4, -0.2) is 34.2 Å². The van der Waals surface area contributed by atoms with Crippen LogP contribution in [0.3, 0.4) is 0 Å². The number of Topliss-reactive ketones (excluding diaryl/α,β-unsaturated/α-hetero) is 1. The first-order valence-corrected chi connectivity index (χ1v) is 9.80. The van der Waals surface area contributed by atoms with Gasteiger partial charge in [0.25, 0.3) is 0 Å². The molecule has 0 saturated carbocycles. The molecular formula is C18H16N4O3S2. The second-order valence-corrected chi connectivity index (χ2v) is 7.82. The number of ketones is 1. The van der Waals surface area contributed by atoms with E-state index in [9.17, 15) is 14.4 Å². The van der Waals surface area contributed by atoms with E-state index in [2.05, 4.69) is 20.8 Å². The molecule has 0 bridgehead atoms. The maximum absolute atomic E-state index is 12.2. The molecule has 1 saturated heterocycles. The summed E-state index contributed by atoms with van der Waals surface area (Å²) in [7, 11) is 0. The molecule has 1 aliphatic heterocycles. The van der Waals surface area contributed by atoms with E-state index in [4.69, 9.17) is 0 Å². The molecule has 0 unspecified atom stereocenters. The standard InChI is InChI=1S/C18H16N4O3S2/c1-11(23)12-4-2-5-13(8-12)20-16(24)9-15-17(25)21-18(27-15)22-19-10-14-6-3-7-26-14/h2-8,10,15H,9H2,1H3,(H,20,24)(H,21,22,25)/b19-10-/t15-/m1/s1. The van der Waals surface area contributed by atoms with Crippen molar-refractivity contribution in [3.8, 4) is 0 Å². The summed E-state index contributed by atoms with van der Waals surface area (Å²) in [6.07, 6.45) is 1.60. The van der Waals surface area contributed by atoms with E-state index in [0.29, 0.717) is 16.4 Å². The van der Waals surface area contributed by atoms with Crippen molar-refractivity contribution < 1.29 is 14.4 Å². The Bertz CT molecular complexity index is 922. The Labute approximate surface area is 164 Å². The number of hydrogen-bond donors (Lipinski definition) is 2. The average Bonchev–Trinajstić information content (AvgIpc) is 3.25. The minimum atomic E-state index is -0.573. The van der Waals surface area contributed by atoms with Gasteiger partial charge in [-0.1, -0.05) is 30.0 Å². The summed E-state index contributed by atoms with van der Waals surface area (Å²) in [4.78, 5) is 36.6. The van der Waals surface area contributed by atoms with Gasteiger partial charge in [-0.05, 0) is 30.5 Å². The molecule has 138 valence electrons. The van der Waals surface area contributed by atoms with E-state index in [0.717, 1.165) is 4.88 Å². The van der Waals surface area contributed by atoms with Crippen LogP contribution in [0, 0.1) is 0 Å². The molecule has 2 N–H and O–H groups in total. The normalized spacial score (nSPS) is 18.0. The second kappa shape index (κ2) is 8.74. The Morgan fingerprint density at radius 3 is 2.89 bits per heavy atom. The van der Waals surface area contributed by atoms with Crippen molar-refractivity contribution in [2.24, 2.45) is 10.2 Å². The molecule has 1 aromatic heterocycles. The van der Waals surface area contributed by atoms with Gasteiger partial charge in [0.05, 0.1) is 6.21 Å². The summed E-state index contributed by atoms with van der Waals surface area (Å²) in [6.45, 7) is 1.46. The molecule has 2 aromatic rings. The number of carbonyl (C=O) groups is 3. The van der Waals surface area contributed by atoms with Crippen molar-refractivity contribution in [1.29, 1.82) is 0 Å². The summed E-state index contributed by atoms with van der Waals surface area (Å²) in [6, 6.07) is 10.5. The van der Waals surface area contributed by atoms with Crippen LogP contribution in [0.4, 0.5) is 5.69 Å². The van der Waals surface area contributed by atoms with Crippen molar-refractivity contribution in [2.45, 2.75) is 18.6 Å². The highest BCUT2D eigenvalue weighted by Crippen LogP contribution is 2.23. The highest BCUT2D eigenvalue weighted by Gasteiger charge is 2.32. The first-order valence-electron chi connectivity index (χ1n) is 8.04. The Hall–Kier alpha value is -2.78. The van der Waals surface area contributed by atoms with Gasteiger partial charge in [-0.2, -0.15) is 5.10 Å². The molecule has 7 nitrogen and oxygen atoms in total. The van der Waals surface area contributed by atoms with E-state index >= 15 is 0 Å². The van der Waals surface area contributed by atoms with Crippen molar-refractivity contribution in [3.63, 3.8) is 0 Å². The maximum atomic E-state index is 12.2. The van der Waals surface area contributed by atoms with Crippen molar-refractivity contribution in [3.05, 3.63) is 52.2 Å². The zero-order chi connectivity index (χ0) is 19.2. The highest BCUT2D eigenvalue weighted by molar-refractivity contribution is 8.15. The van der Waals surface area contributed by atoms with Crippen LogP contribution >= 0.6 is 23.1 Å². The number of anilines is 1. The van der Waals surface area contributed by atoms with E-state index < -0.39 is 5.25 Å². The summed E-state index contributed by atoms with van der Waals surface area (Å²) < 4.78 is 0. The summed E-state index contributed by atoms with van der Waals surface area (Å²) in [5.41, 5.74) is 1.03. The lowest BCUT2D eigenvalue weighted by atomic mass is 10.1. The van der Waals surface area contributed by atoms with Crippen molar-refractivity contribution >= 4 is 57.8 Å². The molecule has 1 fully saturated rings. The van der Waals surface area contributed by atoms with Gasteiger partial charge < -0.3 is 10.6 Å². The van der Waals surface area contributed by atoms with E-state index in [1.54, 1.807) is 30.5 Å². The monoisotopic (exact) mass is 400 g/mol. The van der Waals surface area contributed by atoms with Gasteiger partial charge in [0.2, 0.25) is 11.8 Å². The van der Waals surface area contributed by atoms with Gasteiger partial charge in [0, 0.05) is 22.5 Å². The number of amides is 2. The van der Waals surface area contributed by atoms with E-state index in [1.165, 1.54) is 30.0 Å².